The molecule has 134 valence electrons. The van der Waals surface area contributed by atoms with E-state index in [-0.39, 0.29) is 5.11 Å². The van der Waals surface area contributed by atoms with E-state index in [9.17, 15) is 22.8 Å². The summed E-state index contributed by atoms with van der Waals surface area (Å²) in [6.45, 7) is 0. The van der Waals surface area contributed by atoms with E-state index < -0.39 is 23.6 Å². The first kappa shape index (κ1) is 19.0. The summed E-state index contributed by atoms with van der Waals surface area (Å²) >= 11 is 11.7. The normalized spacial score (nSPS) is 14.8. The maximum Gasteiger partial charge on any atom is 0.416 e. The average molecular weight is 508 g/mol. The van der Waals surface area contributed by atoms with Crippen LogP contribution in [0.5, 0.6) is 0 Å². The minimum atomic E-state index is -4.41. The number of thiocarbonyl (C=S) groups is 1. The zero-order chi connectivity index (χ0) is 19.2. The smallest absolute Gasteiger partial charge is 0.294 e. The van der Waals surface area contributed by atoms with Gasteiger partial charge in [-0.2, -0.15) is 13.2 Å². The van der Waals surface area contributed by atoms with Crippen molar-refractivity contribution in [3.8, 4) is 11.1 Å². The summed E-state index contributed by atoms with van der Waals surface area (Å²) in [4.78, 5) is 24.4. The Labute approximate surface area is 167 Å². The summed E-state index contributed by atoms with van der Waals surface area (Å²) in [5.74, 6) is -1.63. The van der Waals surface area contributed by atoms with Gasteiger partial charge in [-0.15, -0.1) is 0 Å². The van der Waals surface area contributed by atoms with E-state index in [1.54, 1.807) is 12.1 Å². The van der Waals surface area contributed by atoms with Crippen LogP contribution in [-0.2, 0) is 15.8 Å². The largest absolute Gasteiger partial charge is 0.416 e. The Bertz CT molecular complexity index is 922. The number of nitrogens with one attached hydrogen (secondary N) is 1. The average Bonchev–Trinajstić information content (AvgIpc) is 2.79. The second kappa shape index (κ2) is 6.75. The first-order valence-corrected chi connectivity index (χ1v) is 8.95. The number of carbonyl (C=O) groups excluding carboxylic acids is 2. The number of carbonyl (C=O) groups is 2. The van der Waals surface area contributed by atoms with Gasteiger partial charge in [0.15, 0.2) is 5.11 Å². The monoisotopic (exact) mass is 506 g/mol. The Morgan fingerprint density at radius 1 is 1.00 bits per heavy atom. The van der Waals surface area contributed by atoms with Crippen LogP contribution >= 0.6 is 44.1 Å². The van der Waals surface area contributed by atoms with E-state index >= 15 is 0 Å². The Balaban J connectivity index is 2.02. The lowest BCUT2D eigenvalue weighted by Crippen LogP contribution is -2.30. The molecular weight excluding hydrogens is 501 g/mol. The Kier molecular flexibility index (Phi) is 4.93. The van der Waals surface area contributed by atoms with E-state index in [1.165, 1.54) is 12.1 Å². The van der Waals surface area contributed by atoms with E-state index in [1.807, 2.05) is 0 Å². The maximum atomic E-state index is 12.7. The molecule has 0 bridgehead atoms. The van der Waals surface area contributed by atoms with E-state index in [2.05, 4.69) is 37.2 Å². The molecule has 0 saturated carbocycles. The molecule has 0 unspecified atom stereocenters. The molecule has 26 heavy (non-hydrogen) atoms. The summed E-state index contributed by atoms with van der Waals surface area (Å²) in [7, 11) is 0. The molecule has 1 fully saturated rings. The molecule has 4 nitrogen and oxygen atoms in total. The molecule has 0 atom stereocenters. The van der Waals surface area contributed by atoms with Crippen LogP contribution in [-0.4, -0.2) is 16.9 Å². The molecule has 1 N–H and O–H groups in total. The second-order valence-corrected chi connectivity index (χ2v) is 7.35. The fourth-order valence-electron chi connectivity index (χ4n) is 2.43. The van der Waals surface area contributed by atoms with Crippen LogP contribution in [0.3, 0.4) is 0 Å². The Morgan fingerprint density at radius 2 is 1.54 bits per heavy atom. The summed E-state index contributed by atoms with van der Waals surface area (Å²) in [5, 5.41) is 2.21. The number of hydrogen-bond donors (Lipinski definition) is 1. The molecule has 0 spiro atoms. The topological polar surface area (TPSA) is 49.4 Å². The van der Waals surface area contributed by atoms with Gasteiger partial charge >= 0.3 is 18.0 Å². The van der Waals surface area contributed by atoms with Gasteiger partial charge < -0.3 is 0 Å². The molecule has 3 rings (SSSR count). The zero-order valence-corrected chi connectivity index (χ0v) is 16.5. The molecule has 2 aromatic carbocycles. The van der Waals surface area contributed by atoms with E-state index in [0.717, 1.165) is 17.0 Å². The summed E-state index contributed by atoms with van der Waals surface area (Å²) < 4.78 is 39.2. The number of rotatable bonds is 2. The highest BCUT2D eigenvalue weighted by Crippen LogP contribution is 2.40. The van der Waals surface area contributed by atoms with Crippen molar-refractivity contribution >= 4 is 66.7 Å². The molecule has 2 aromatic rings. The van der Waals surface area contributed by atoms with Crippen molar-refractivity contribution in [2.24, 2.45) is 0 Å². The van der Waals surface area contributed by atoms with Gasteiger partial charge in [0.05, 0.1) is 11.3 Å². The molecule has 1 heterocycles. The molecule has 2 amide bonds. The Hall–Kier alpha value is -1.78. The number of benzene rings is 2. The zero-order valence-electron chi connectivity index (χ0n) is 12.5. The first-order valence-electron chi connectivity index (χ1n) is 6.95. The van der Waals surface area contributed by atoms with Crippen LogP contribution in [0.25, 0.3) is 11.1 Å². The lowest BCUT2D eigenvalue weighted by Gasteiger charge is -2.17. The lowest BCUT2D eigenvalue weighted by molar-refractivity contribution is -0.137. The molecule has 0 aliphatic carbocycles. The first-order chi connectivity index (χ1) is 12.1. The van der Waals surface area contributed by atoms with Gasteiger partial charge in [-0.3, -0.25) is 14.9 Å². The van der Waals surface area contributed by atoms with E-state index in [0.29, 0.717) is 25.8 Å². The van der Waals surface area contributed by atoms with Gasteiger partial charge in [0.2, 0.25) is 0 Å². The highest BCUT2D eigenvalue weighted by atomic mass is 79.9. The number of alkyl halides is 3. The third kappa shape index (κ3) is 3.40. The molecule has 10 heteroatoms. The molecule has 0 aromatic heterocycles. The van der Waals surface area contributed by atoms with Crippen molar-refractivity contribution in [2.45, 2.75) is 6.18 Å². The quantitative estimate of drug-likeness (QED) is 0.475. The summed E-state index contributed by atoms with van der Waals surface area (Å²) in [5.41, 5.74) is 0.725. The third-order valence-corrected chi connectivity index (χ3v) is 5.14. The fourth-order valence-corrected chi connectivity index (χ4v) is 4.33. The fraction of sp³-hybridized carbons (Fsp3) is 0.0625. The van der Waals surface area contributed by atoms with Gasteiger partial charge in [0, 0.05) is 14.5 Å². The number of anilines is 1. The van der Waals surface area contributed by atoms with Crippen LogP contribution in [0.15, 0.2) is 45.3 Å². The molecule has 1 aliphatic rings. The second-order valence-electron chi connectivity index (χ2n) is 5.26. The minimum absolute atomic E-state index is 0.0407. The predicted molar refractivity (Wildman–Crippen MR) is 101 cm³/mol. The SMILES string of the molecule is O=C1NC(=S)N(c2cc(Br)c(-c3ccc(C(F)(F)F)cc3)c(Br)c2)C1=O. The molecule has 1 saturated heterocycles. The number of halogens is 5. The highest BCUT2D eigenvalue weighted by molar-refractivity contribution is 9.11. The van der Waals surface area contributed by atoms with Crippen molar-refractivity contribution in [3.63, 3.8) is 0 Å². The van der Waals surface area contributed by atoms with E-state index in [4.69, 9.17) is 12.2 Å². The standard InChI is InChI=1S/C16H7Br2F3N2O2S/c17-10-5-9(23-14(25)13(24)22-15(23)26)6-11(18)12(10)7-1-3-8(4-2-7)16(19,20)21/h1-6H,(H,22,24,26). The van der Waals surface area contributed by atoms with Gasteiger partial charge in [-0.1, -0.05) is 44.0 Å². The van der Waals surface area contributed by atoms with Crippen LogP contribution in [0.1, 0.15) is 5.56 Å². The van der Waals surface area contributed by atoms with Gasteiger partial charge in [0.1, 0.15) is 0 Å². The van der Waals surface area contributed by atoms with Crippen molar-refractivity contribution in [3.05, 3.63) is 50.9 Å². The van der Waals surface area contributed by atoms with Gasteiger partial charge in [-0.25, -0.2) is 4.90 Å². The number of amides is 2. The maximum absolute atomic E-state index is 12.7. The number of hydrogen-bond acceptors (Lipinski definition) is 3. The van der Waals surface area contributed by atoms with Crippen molar-refractivity contribution in [2.75, 3.05) is 4.90 Å². The van der Waals surface area contributed by atoms with Crippen molar-refractivity contribution in [1.29, 1.82) is 0 Å². The summed E-state index contributed by atoms with van der Waals surface area (Å²) in [6, 6.07) is 7.80. The summed E-state index contributed by atoms with van der Waals surface area (Å²) in [6.07, 6.45) is -4.41. The number of nitrogens with zero attached hydrogens (tertiary/aromatic N) is 1. The lowest BCUT2D eigenvalue weighted by atomic mass is 10.0. The third-order valence-electron chi connectivity index (χ3n) is 3.61. The Morgan fingerprint density at radius 3 is 1.96 bits per heavy atom. The van der Waals surface area contributed by atoms with Crippen LogP contribution in [0.4, 0.5) is 18.9 Å². The van der Waals surface area contributed by atoms with Crippen LogP contribution in [0, 0.1) is 0 Å². The van der Waals surface area contributed by atoms with Crippen molar-refractivity contribution < 1.29 is 22.8 Å². The minimum Gasteiger partial charge on any atom is -0.294 e. The van der Waals surface area contributed by atoms with Crippen molar-refractivity contribution in [1.82, 2.24) is 5.32 Å². The molecule has 1 aliphatic heterocycles. The van der Waals surface area contributed by atoms with Crippen LogP contribution in [0.2, 0.25) is 0 Å². The van der Waals surface area contributed by atoms with Gasteiger partial charge in [-0.05, 0) is 42.0 Å². The van der Waals surface area contributed by atoms with Gasteiger partial charge in [0.25, 0.3) is 0 Å². The molecule has 0 radical (unpaired) electrons. The van der Waals surface area contributed by atoms with Crippen LogP contribution < -0.4 is 10.2 Å². The highest BCUT2D eigenvalue weighted by Gasteiger charge is 2.36. The molecular formula is C16H7Br2F3N2O2S. The predicted octanol–water partition coefficient (Wildman–Crippen LogP) is 4.65.